The molecule has 0 saturated carbocycles. The first-order valence-electron chi connectivity index (χ1n) is 12.9. The van der Waals surface area contributed by atoms with E-state index in [4.69, 9.17) is 9.47 Å². The average molecular weight is 556 g/mol. The fourth-order valence-corrected chi connectivity index (χ4v) is 4.92. The molecule has 0 aliphatic carbocycles. The van der Waals surface area contributed by atoms with Crippen molar-refractivity contribution < 1.29 is 23.5 Å². The maximum absolute atomic E-state index is 13.9. The minimum atomic E-state index is -0.704. The zero-order valence-electron chi connectivity index (χ0n) is 23.3. The highest BCUT2D eigenvalue weighted by molar-refractivity contribution is 6.09. The number of methoxy groups -OCH3 is 2. The van der Waals surface area contributed by atoms with Gasteiger partial charge in [-0.2, -0.15) is 5.10 Å². The number of allylic oxidation sites excluding steroid dienone is 1. The molecule has 0 radical (unpaired) electrons. The Hall–Kier alpha value is -5.12. The highest BCUT2D eigenvalue weighted by Gasteiger charge is 2.36. The van der Waals surface area contributed by atoms with Gasteiger partial charge in [0.1, 0.15) is 23.2 Å². The van der Waals surface area contributed by atoms with Crippen molar-refractivity contribution in [3.63, 3.8) is 0 Å². The van der Waals surface area contributed by atoms with Crippen molar-refractivity contribution in [3.05, 3.63) is 106 Å². The first-order chi connectivity index (χ1) is 19.7. The molecule has 3 aromatic carbocycles. The number of amides is 2. The quantitative estimate of drug-likeness (QED) is 0.265. The Morgan fingerprint density at radius 2 is 1.63 bits per heavy atom. The second-order valence-corrected chi connectivity index (χ2v) is 9.77. The zero-order chi connectivity index (χ0) is 29.3. The number of rotatable bonds is 7. The zero-order valence-corrected chi connectivity index (χ0v) is 23.3. The number of fused-ring (bicyclic) bond motifs is 1. The predicted molar refractivity (Wildman–Crippen MR) is 155 cm³/mol. The van der Waals surface area contributed by atoms with Crippen molar-refractivity contribution in [1.29, 1.82) is 0 Å². The van der Waals surface area contributed by atoms with Crippen LogP contribution in [0, 0.1) is 19.7 Å². The number of nitrogens with zero attached hydrogens (tertiary/aromatic N) is 2. The van der Waals surface area contributed by atoms with Gasteiger partial charge in [0, 0.05) is 17.1 Å². The fourth-order valence-electron chi connectivity index (χ4n) is 4.92. The fraction of sp³-hybridized carbons (Fsp3) is 0.194. The molecular weight excluding hydrogens is 525 g/mol. The lowest BCUT2D eigenvalue weighted by Gasteiger charge is -2.30. The number of nitrogens with one attached hydrogen (secondary N) is 3. The number of aromatic nitrogens is 2. The van der Waals surface area contributed by atoms with E-state index < -0.39 is 17.8 Å². The van der Waals surface area contributed by atoms with Crippen LogP contribution in [0.4, 0.5) is 21.6 Å². The van der Waals surface area contributed by atoms with Gasteiger partial charge >= 0.3 is 0 Å². The van der Waals surface area contributed by atoms with Gasteiger partial charge in [0.15, 0.2) is 11.5 Å². The molecule has 210 valence electrons. The molecule has 0 bridgehead atoms. The Bertz CT molecular complexity index is 1680. The van der Waals surface area contributed by atoms with E-state index in [1.807, 2.05) is 38.1 Å². The third-order valence-corrected chi connectivity index (χ3v) is 6.97. The molecule has 0 saturated heterocycles. The maximum atomic E-state index is 13.9. The summed E-state index contributed by atoms with van der Waals surface area (Å²) >= 11 is 0. The molecule has 9 nitrogen and oxygen atoms in total. The van der Waals surface area contributed by atoms with Gasteiger partial charge in [0.25, 0.3) is 11.8 Å². The van der Waals surface area contributed by atoms with Crippen molar-refractivity contribution in [2.24, 2.45) is 0 Å². The summed E-state index contributed by atoms with van der Waals surface area (Å²) in [4.78, 5) is 27.1. The summed E-state index contributed by atoms with van der Waals surface area (Å²) in [6.07, 6.45) is 1.44. The molecule has 5 rings (SSSR count). The molecule has 3 N–H and O–H groups in total. The number of hydrogen-bond donors (Lipinski definition) is 3. The largest absolute Gasteiger partial charge is 0.493 e. The van der Waals surface area contributed by atoms with Crippen LogP contribution in [-0.2, 0) is 4.79 Å². The SMILES string of the molecule is COc1ccc(C2C(C(=O)Nc3ccc(C)cc3C)=C(C)Nc3c(C(=O)Nc4ccc(F)cc4)cnn32)cc1OC. The number of aryl methyl sites for hydroxylation is 2. The smallest absolute Gasteiger partial charge is 0.261 e. The second-order valence-electron chi connectivity index (χ2n) is 9.77. The number of carbonyl (C=O) groups excluding carboxylic acids is 2. The molecule has 0 fully saturated rings. The molecule has 1 unspecified atom stereocenters. The Morgan fingerprint density at radius 3 is 2.32 bits per heavy atom. The van der Waals surface area contributed by atoms with Gasteiger partial charge in [-0.3, -0.25) is 9.59 Å². The maximum Gasteiger partial charge on any atom is 0.261 e. The number of hydrogen-bond acceptors (Lipinski definition) is 6. The Morgan fingerprint density at radius 1 is 0.902 bits per heavy atom. The first kappa shape index (κ1) is 27.4. The van der Waals surface area contributed by atoms with E-state index in [2.05, 4.69) is 21.0 Å². The lowest BCUT2D eigenvalue weighted by atomic mass is 9.94. The Kier molecular flexibility index (Phi) is 7.47. The number of benzene rings is 3. The van der Waals surface area contributed by atoms with Crippen LogP contribution in [0.25, 0.3) is 0 Å². The van der Waals surface area contributed by atoms with E-state index in [0.29, 0.717) is 45.5 Å². The third kappa shape index (κ3) is 5.36. The summed E-state index contributed by atoms with van der Waals surface area (Å²) in [7, 11) is 3.09. The van der Waals surface area contributed by atoms with Crippen molar-refractivity contribution >= 4 is 29.0 Å². The molecule has 2 amide bonds. The molecule has 1 aliphatic rings. The number of carbonyl (C=O) groups is 2. The van der Waals surface area contributed by atoms with Gasteiger partial charge in [-0.25, -0.2) is 9.07 Å². The predicted octanol–water partition coefficient (Wildman–Crippen LogP) is 5.84. The summed E-state index contributed by atoms with van der Waals surface area (Å²) in [6, 6.07) is 16.0. The van der Waals surface area contributed by atoms with Crippen LogP contribution in [0.2, 0.25) is 0 Å². The van der Waals surface area contributed by atoms with Gasteiger partial charge in [-0.05, 0) is 74.4 Å². The highest BCUT2D eigenvalue weighted by atomic mass is 19.1. The summed E-state index contributed by atoms with van der Waals surface area (Å²) < 4.78 is 25.9. The highest BCUT2D eigenvalue weighted by Crippen LogP contribution is 2.40. The van der Waals surface area contributed by atoms with Crippen molar-refractivity contribution in [2.75, 3.05) is 30.2 Å². The lowest BCUT2D eigenvalue weighted by molar-refractivity contribution is -0.113. The molecule has 4 aromatic rings. The van der Waals surface area contributed by atoms with Crippen LogP contribution in [0.3, 0.4) is 0 Å². The van der Waals surface area contributed by atoms with Crippen LogP contribution >= 0.6 is 0 Å². The van der Waals surface area contributed by atoms with Crippen molar-refractivity contribution in [3.8, 4) is 11.5 Å². The van der Waals surface area contributed by atoms with Gasteiger partial charge in [0.2, 0.25) is 0 Å². The van der Waals surface area contributed by atoms with Crippen LogP contribution in [-0.4, -0.2) is 35.8 Å². The molecule has 1 aliphatic heterocycles. The first-order valence-corrected chi connectivity index (χ1v) is 12.9. The molecular formula is C31H30FN5O4. The molecule has 2 heterocycles. The van der Waals surface area contributed by atoms with E-state index in [9.17, 15) is 14.0 Å². The van der Waals surface area contributed by atoms with Gasteiger partial charge in [0.05, 0.1) is 26.0 Å². The summed E-state index contributed by atoms with van der Waals surface area (Å²) in [5.74, 6) is 0.265. The molecule has 41 heavy (non-hydrogen) atoms. The second kappa shape index (κ2) is 11.2. The lowest BCUT2D eigenvalue weighted by Crippen LogP contribution is -2.32. The van der Waals surface area contributed by atoms with Crippen LogP contribution in [0.15, 0.2) is 78.1 Å². The summed E-state index contributed by atoms with van der Waals surface area (Å²) in [5.41, 5.74) is 5.07. The normalized spacial score (nSPS) is 14.1. The summed E-state index contributed by atoms with van der Waals surface area (Å²) in [6.45, 7) is 5.71. The van der Waals surface area contributed by atoms with E-state index in [0.717, 1.165) is 11.1 Å². The molecule has 1 atom stereocenters. The van der Waals surface area contributed by atoms with E-state index in [1.54, 1.807) is 30.8 Å². The molecule has 0 spiro atoms. The van der Waals surface area contributed by atoms with E-state index >= 15 is 0 Å². The minimum Gasteiger partial charge on any atom is -0.493 e. The molecule has 10 heteroatoms. The Labute approximate surface area is 237 Å². The Balaban J connectivity index is 1.58. The minimum absolute atomic E-state index is 0.257. The standard InChI is InChI=1S/C31H30FN5O4/c1-17-6-12-24(18(2)14-17)36-31(39)27-19(3)34-29-23(30(38)35-22-10-8-21(32)9-11-22)16-33-37(29)28(27)20-7-13-25(40-4)26(15-20)41-5/h6-16,28,34H,1-5H3,(H,35,38)(H,36,39). The van der Waals surface area contributed by atoms with Crippen molar-refractivity contribution in [2.45, 2.75) is 26.8 Å². The number of halogens is 1. The number of anilines is 3. The van der Waals surface area contributed by atoms with Crippen LogP contribution in [0.5, 0.6) is 11.5 Å². The molecule has 1 aromatic heterocycles. The average Bonchev–Trinajstić information content (AvgIpc) is 3.38. The number of ether oxygens (including phenoxy) is 2. The van der Waals surface area contributed by atoms with Crippen molar-refractivity contribution in [1.82, 2.24) is 9.78 Å². The topological polar surface area (TPSA) is 107 Å². The monoisotopic (exact) mass is 555 g/mol. The van der Waals surface area contributed by atoms with Gasteiger partial charge in [-0.1, -0.05) is 23.8 Å². The third-order valence-electron chi connectivity index (χ3n) is 6.97. The summed E-state index contributed by atoms with van der Waals surface area (Å²) in [5, 5.41) is 13.6. The van der Waals surface area contributed by atoms with Gasteiger partial charge < -0.3 is 25.4 Å². The van der Waals surface area contributed by atoms with E-state index in [-0.39, 0.29) is 11.5 Å². The van der Waals surface area contributed by atoms with Crippen LogP contribution in [0.1, 0.15) is 40.0 Å². The van der Waals surface area contributed by atoms with Crippen LogP contribution < -0.4 is 25.4 Å². The van der Waals surface area contributed by atoms with Gasteiger partial charge in [-0.15, -0.1) is 0 Å². The van der Waals surface area contributed by atoms with E-state index in [1.165, 1.54) is 37.6 Å².